The van der Waals surface area contributed by atoms with Crippen LogP contribution in [0.2, 0.25) is 0 Å². The van der Waals surface area contributed by atoms with Gasteiger partial charge in [0.05, 0.1) is 39.3 Å². The molecular formula is C29H32ClN2O7S3+. The summed E-state index contributed by atoms with van der Waals surface area (Å²) in [7, 11) is -8.20. The van der Waals surface area contributed by atoms with E-state index in [2.05, 4.69) is 11.0 Å². The highest BCUT2D eigenvalue weighted by molar-refractivity contribution is 8.04. The highest BCUT2D eigenvalue weighted by Crippen LogP contribution is 2.43. The number of thioether (sulfide) groups is 1. The largest absolute Gasteiger partial charge is 0.398 e. The molecule has 42 heavy (non-hydrogen) atoms. The van der Waals surface area contributed by atoms with Crippen LogP contribution >= 0.6 is 23.4 Å². The predicted molar refractivity (Wildman–Crippen MR) is 167 cm³/mol. The minimum absolute atomic E-state index is 0.0545. The summed E-state index contributed by atoms with van der Waals surface area (Å²) < 4.78 is 72.5. The number of aromatic nitrogens is 1. The Bertz CT molecular complexity index is 1840. The fraction of sp³-hybridized carbons (Fsp3) is 0.345. The van der Waals surface area contributed by atoms with Gasteiger partial charge in [-0.05, 0) is 54.2 Å². The quantitative estimate of drug-likeness (QED) is 0.203. The fourth-order valence-electron chi connectivity index (χ4n) is 5.31. The molecule has 1 saturated heterocycles. The van der Waals surface area contributed by atoms with Crippen molar-refractivity contribution in [2.75, 3.05) is 18.1 Å². The Morgan fingerprint density at radius 1 is 1.10 bits per heavy atom. The van der Waals surface area contributed by atoms with Gasteiger partial charge in [0.25, 0.3) is 25.8 Å². The molecule has 5 rings (SSSR count). The van der Waals surface area contributed by atoms with Gasteiger partial charge in [0.1, 0.15) is 0 Å². The van der Waals surface area contributed by atoms with Crippen LogP contribution < -0.4 is 4.57 Å². The van der Waals surface area contributed by atoms with Crippen LogP contribution in [0.25, 0.3) is 27.9 Å². The van der Waals surface area contributed by atoms with E-state index in [1.807, 2.05) is 72.2 Å². The first kappa shape index (κ1) is 30.8. The molecule has 9 nitrogen and oxygen atoms in total. The second-order valence-electron chi connectivity index (χ2n) is 10.2. The van der Waals surface area contributed by atoms with Crippen LogP contribution in [0.1, 0.15) is 32.1 Å². The predicted octanol–water partition coefficient (Wildman–Crippen LogP) is 5.54. The van der Waals surface area contributed by atoms with E-state index in [1.165, 1.54) is 0 Å². The van der Waals surface area contributed by atoms with Gasteiger partial charge in [-0.1, -0.05) is 60.6 Å². The van der Waals surface area contributed by atoms with Crippen LogP contribution in [0.4, 0.5) is 0 Å². The summed E-state index contributed by atoms with van der Waals surface area (Å²) in [4.78, 5) is 2.11. The molecular weight excluding hydrogens is 620 g/mol. The number of oxazole rings is 1. The van der Waals surface area contributed by atoms with Crippen LogP contribution in [0.3, 0.4) is 0 Å². The number of fused-ring (bicyclic) bond motifs is 4. The highest BCUT2D eigenvalue weighted by Gasteiger charge is 2.37. The van der Waals surface area contributed by atoms with E-state index in [1.54, 1.807) is 11.8 Å². The first-order chi connectivity index (χ1) is 19.9. The normalized spacial score (nSPS) is 20.6. The number of aryl methyl sites for hydroxylation is 1. The van der Waals surface area contributed by atoms with Gasteiger partial charge in [0.2, 0.25) is 5.58 Å². The van der Waals surface area contributed by atoms with E-state index in [0.717, 1.165) is 26.9 Å². The summed E-state index contributed by atoms with van der Waals surface area (Å²) in [5, 5.41) is 3.65. The van der Waals surface area contributed by atoms with E-state index in [9.17, 15) is 25.9 Å². The first-order valence-corrected chi connectivity index (χ1v) is 18.0. The minimum Gasteiger partial charge on any atom is -0.398 e. The maximum Gasteiger partial charge on any atom is 0.374 e. The Labute approximate surface area is 254 Å². The zero-order valence-corrected chi connectivity index (χ0v) is 26.1. The van der Waals surface area contributed by atoms with Gasteiger partial charge in [0, 0.05) is 18.0 Å². The standard InChI is InChI=1S/C29H31ClN2O7S3/c1-2-20(18-28-31(13-5-15-41(33,34)35)24-19-22(30)10-12-26(24)40-28)17-27-32(14-6-16-42(36,37)38)29-23-8-4-3-7-21(23)9-11-25(29)39-27/h3-4,7-12,17-19,24,26H,2,5-6,13-16H2,1H3,(H-,33,34,35,36,37,38)/p+1. The molecule has 2 heterocycles. The van der Waals surface area contributed by atoms with E-state index < -0.39 is 20.2 Å². The van der Waals surface area contributed by atoms with Crippen molar-refractivity contribution in [2.45, 2.75) is 44.0 Å². The van der Waals surface area contributed by atoms with Gasteiger partial charge < -0.3 is 9.32 Å². The van der Waals surface area contributed by atoms with Crippen molar-refractivity contribution < 1.29 is 34.9 Å². The summed E-state index contributed by atoms with van der Waals surface area (Å²) in [5.74, 6) is -0.155. The van der Waals surface area contributed by atoms with E-state index in [4.69, 9.17) is 16.0 Å². The molecule has 0 radical (unpaired) electrons. The van der Waals surface area contributed by atoms with Crippen molar-refractivity contribution in [1.82, 2.24) is 4.90 Å². The molecule has 0 bridgehead atoms. The average Bonchev–Trinajstić information content (AvgIpc) is 3.44. The average molecular weight is 652 g/mol. The molecule has 3 aromatic rings. The van der Waals surface area contributed by atoms with Crippen LogP contribution in [-0.4, -0.2) is 60.2 Å². The molecule has 0 spiro atoms. The number of allylic oxidation sites excluding steroid dienone is 4. The van der Waals surface area contributed by atoms with Crippen LogP contribution in [0, 0.1) is 0 Å². The van der Waals surface area contributed by atoms with E-state index >= 15 is 0 Å². The van der Waals surface area contributed by atoms with Gasteiger partial charge in [-0.15, -0.1) is 0 Å². The lowest BCUT2D eigenvalue weighted by molar-refractivity contribution is -0.677. The lowest BCUT2D eigenvalue weighted by Gasteiger charge is -2.27. The topological polar surface area (TPSA) is 129 Å². The summed E-state index contributed by atoms with van der Waals surface area (Å²) in [6, 6.07) is 11.7. The lowest BCUT2D eigenvalue weighted by atomic mass is 10.1. The minimum atomic E-state index is -4.12. The maximum absolute atomic E-state index is 11.5. The zero-order chi connectivity index (χ0) is 30.1. The number of hydrogen-bond donors (Lipinski definition) is 2. The van der Waals surface area contributed by atoms with Crippen molar-refractivity contribution in [3.8, 4) is 0 Å². The molecule has 224 valence electrons. The molecule has 1 aliphatic heterocycles. The smallest absolute Gasteiger partial charge is 0.374 e. The van der Waals surface area contributed by atoms with Crippen molar-refractivity contribution in [1.29, 1.82) is 0 Å². The van der Waals surface area contributed by atoms with Crippen molar-refractivity contribution >= 4 is 71.5 Å². The molecule has 2 atom stereocenters. The maximum atomic E-state index is 11.5. The Balaban J connectivity index is 1.55. The zero-order valence-electron chi connectivity index (χ0n) is 22.9. The van der Waals surface area contributed by atoms with Crippen LogP contribution in [-0.2, 0) is 26.8 Å². The molecule has 0 saturated carbocycles. The van der Waals surface area contributed by atoms with Gasteiger partial charge >= 0.3 is 5.89 Å². The van der Waals surface area contributed by atoms with Gasteiger partial charge in [-0.3, -0.25) is 9.11 Å². The van der Waals surface area contributed by atoms with Gasteiger partial charge in [-0.2, -0.15) is 21.4 Å². The van der Waals surface area contributed by atoms with Gasteiger partial charge in [-0.25, -0.2) is 0 Å². The monoisotopic (exact) mass is 651 g/mol. The number of rotatable bonds is 11. The van der Waals surface area contributed by atoms with E-state index in [-0.39, 0.29) is 35.6 Å². The van der Waals surface area contributed by atoms with Gasteiger partial charge in [0.15, 0.2) is 6.54 Å². The third-order valence-electron chi connectivity index (χ3n) is 7.24. The molecule has 2 aliphatic rings. The molecule has 2 N–H and O–H groups in total. The molecule has 2 unspecified atom stereocenters. The Morgan fingerprint density at radius 3 is 2.57 bits per heavy atom. The van der Waals surface area contributed by atoms with Crippen molar-refractivity contribution in [3.63, 3.8) is 0 Å². The van der Waals surface area contributed by atoms with Crippen molar-refractivity contribution in [2.24, 2.45) is 0 Å². The Kier molecular flexibility index (Phi) is 9.22. The SMILES string of the molecule is CCC(/C=C1\SC2C=CC(Cl)=CC2N1CCCS(=O)(=O)O)=C\c1oc2ccc3ccccc3c2[n+]1CCCS(=O)(=O)O. The second-order valence-corrected chi connectivity index (χ2v) is 15.0. The first-order valence-electron chi connectivity index (χ1n) is 13.6. The number of benzene rings is 2. The molecule has 1 fully saturated rings. The lowest BCUT2D eigenvalue weighted by Crippen LogP contribution is -2.36. The van der Waals surface area contributed by atoms with Crippen molar-refractivity contribution in [3.05, 3.63) is 82.2 Å². The Hall–Kier alpha value is -2.61. The number of halogens is 1. The fourth-order valence-corrected chi connectivity index (χ4v) is 7.87. The molecule has 2 aromatic carbocycles. The Morgan fingerprint density at radius 2 is 1.83 bits per heavy atom. The molecule has 1 aliphatic carbocycles. The van der Waals surface area contributed by atoms with E-state index in [0.29, 0.717) is 36.0 Å². The summed E-state index contributed by atoms with van der Waals surface area (Å²) in [6.07, 6.45) is 11.0. The third-order valence-corrected chi connectivity index (χ3v) is 10.4. The molecule has 13 heteroatoms. The molecule has 1 aromatic heterocycles. The summed E-state index contributed by atoms with van der Waals surface area (Å²) in [6.45, 7) is 2.75. The third kappa shape index (κ3) is 7.29. The number of hydrogen-bond acceptors (Lipinski definition) is 7. The number of nitrogens with zero attached hydrogens (tertiary/aromatic N) is 2. The highest BCUT2D eigenvalue weighted by atomic mass is 35.5. The van der Waals surface area contributed by atoms with Crippen LogP contribution in [0.15, 0.2) is 80.8 Å². The summed E-state index contributed by atoms with van der Waals surface area (Å²) >= 11 is 7.97. The van der Waals surface area contributed by atoms with Crippen LogP contribution in [0.5, 0.6) is 0 Å². The summed E-state index contributed by atoms with van der Waals surface area (Å²) in [5.41, 5.74) is 2.45. The second kappa shape index (κ2) is 12.6. The molecule has 0 amide bonds.